The number of hydrogen-bond donors (Lipinski definition) is 1. The van der Waals surface area contributed by atoms with Crippen molar-refractivity contribution in [3.8, 4) is 6.07 Å². The van der Waals surface area contributed by atoms with Crippen LogP contribution >= 0.6 is 0 Å². The molecule has 1 aromatic carbocycles. The summed E-state index contributed by atoms with van der Waals surface area (Å²) in [7, 11) is 0. The van der Waals surface area contributed by atoms with Crippen LogP contribution in [-0.4, -0.2) is 44.7 Å². The summed E-state index contributed by atoms with van der Waals surface area (Å²) in [4.78, 5) is 14.9. The van der Waals surface area contributed by atoms with E-state index in [1.54, 1.807) is 11.3 Å². The van der Waals surface area contributed by atoms with Gasteiger partial charge in [-0.1, -0.05) is 12.1 Å². The molecule has 0 amide bonds. The smallest absolute Gasteiger partial charge is 0.257 e. The van der Waals surface area contributed by atoms with Crippen LogP contribution in [-0.2, 0) is 6.54 Å². The normalized spacial score (nSPS) is 16.3. The summed E-state index contributed by atoms with van der Waals surface area (Å²) in [6.45, 7) is 4.78. The first-order valence-corrected chi connectivity index (χ1v) is 9.04. The molecule has 3 aromatic rings. The third kappa shape index (κ3) is 2.70. The third-order valence-electron chi connectivity index (χ3n) is 5.23. The van der Waals surface area contributed by atoms with Crippen molar-refractivity contribution in [2.24, 2.45) is 0 Å². The van der Waals surface area contributed by atoms with Crippen molar-refractivity contribution in [2.45, 2.75) is 32.4 Å². The van der Waals surface area contributed by atoms with Gasteiger partial charge in [0.1, 0.15) is 11.7 Å². The topological polar surface area (TPSA) is 73.7 Å². The molecule has 0 unspecified atom stereocenters. The van der Waals surface area contributed by atoms with Crippen molar-refractivity contribution in [1.29, 1.82) is 5.26 Å². The SMILES string of the molecule is Cc1cc(=O)n2c3ccccc3n(C[C@H](O)CN3CCCC3)c2c1C#N. The Morgan fingerprint density at radius 1 is 1.19 bits per heavy atom. The Balaban J connectivity index is 1.89. The quantitative estimate of drug-likeness (QED) is 0.780. The number of aromatic nitrogens is 2. The number of hydrogen-bond acceptors (Lipinski definition) is 4. The Hall–Kier alpha value is -2.62. The number of imidazole rings is 1. The molecule has 0 spiro atoms. The molecule has 6 nitrogen and oxygen atoms in total. The van der Waals surface area contributed by atoms with E-state index in [-0.39, 0.29) is 5.56 Å². The number of nitrogens with zero attached hydrogens (tertiary/aromatic N) is 4. The second-order valence-corrected chi connectivity index (χ2v) is 7.07. The van der Waals surface area contributed by atoms with Gasteiger partial charge in [0.05, 0.1) is 29.2 Å². The molecule has 1 saturated heterocycles. The minimum Gasteiger partial charge on any atom is -0.390 e. The number of pyridine rings is 1. The average Bonchev–Trinajstić information content (AvgIpc) is 3.22. The first-order chi connectivity index (χ1) is 12.6. The molecule has 1 atom stereocenters. The van der Waals surface area contributed by atoms with Crippen LogP contribution < -0.4 is 5.56 Å². The van der Waals surface area contributed by atoms with Crippen molar-refractivity contribution < 1.29 is 5.11 Å². The highest BCUT2D eigenvalue weighted by Gasteiger charge is 2.21. The van der Waals surface area contributed by atoms with Crippen molar-refractivity contribution in [3.05, 3.63) is 51.8 Å². The molecule has 26 heavy (non-hydrogen) atoms. The standard InChI is InChI=1S/C20H22N4O2/c1-14-10-19(26)24-18-7-3-2-6-17(18)23(20(24)16(14)11-21)13-15(25)12-22-8-4-5-9-22/h2-3,6-7,10,15,25H,4-5,8-9,12-13H2,1H3/t15-/m1/s1. The molecule has 0 bridgehead atoms. The fourth-order valence-electron chi connectivity index (χ4n) is 4.05. The van der Waals surface area contributed by atoms with E-state index in [1.807, 2.05) is 28.8 Å². The Kier molecular flexibility index (Phi) is 4.27. The van der Waals surface area contributed by atoms with E-state index in [0.29, 0.717) is 29.9 Å². The highest BCUT2D eigenvalue weighted by molar-refractivity contribution is 5.84. The van der Waals surface area contributed by atoms with E-state index >= 15 is 0 Å². The van der Waals surface area contributed by atoms with E-state index in [0.717, 1.165) is 24.1 Å². The molecule has 1 aliphatic heterocycles. The fourth-order valence-corrected chi connectivity index (χ4v) is 4.05. The van der Waals surface area contributed by atoms with Crippen molar-refractivity contribution in [2.75, 3.05) is 19.6 Å². The number of nitriles is 1. The molecule has 1 aliphatic rings. The summed E-state index contributed by atoms with van der Waals surface area (Å²) in [5.41, 5.74) is 3.17. The second-order valence-electron chi connectivity index (χ2n) is 7.07. The second kappa shape index (κ2) is 6.60. The number of aliphatic hydroxyl groups excluding tert-OH is 1. The summed E-state index contributed by atoms with van der Waals surface area (Å²) >= 11 is 0. The zero-order chi connectivity index (χ0) is 18.3. The van der Waals surface area contributed by atoms with E-state index in [9.17, 15) is 15.2 Å². The van der Waals surface area contributed by atoms with Gasteiger partial charge in [0.2, 0.25) is 0 Å². The predicted molar refractivity (Wildman–Crippen MR) is 100 cm³/mol. The highest BCUT2D eigenvalue weighted by Crippen LogP contribution is 2.24. The number of fused-ring (bicyclic) bond motifs is 3. The average molecular weight is 350 g/mol. The lowest BCUT2D eigenvalue weighted by Gasteiger charge is -2.20. The summed E-state index contributed by atoms with van der Waals surface area (Å²) in [6.07, 6.45) is 1.79. The molecule has 134 valence electrons. The molecule has 6 heteroatoms. The van der Waals surface area contributed by atoms with Crippen LogP contribution in [0.2, 0.25) is 0 Å². The van der Waals surface area contributed by atoms with Gasteiger partial charge in [-0.25, -0.2) is 0 Å². The summed E-state index contributed by atoms with van der Waals surface area (Å²) in [5.74, 6) is 0. The number of rotatable bonds is 4. The Bertz CT molecular complexity index is 1070. The first-order valence-electron chi connectivity index (χ1n) is 9.04. The number of likely N-dealkylation sites (tertiary alicyclic amines) is 1. The van der Waals surface area contributed by atoms with Crippen LogP contribution in [0.3, 0.4) is 0 Å². The van der Waals surface area contributed by atoms with Gasteiger partial charge >= 0.3 is 0 Å². The zero-order valence-corrected chi connectivity index (χ0v) is 14.9. The maximum atomic E-state index is 12.6. The van der Waals surface area contributed by atoms with E-state index < -0.39 is 6.10 Å². The van der Waals surface area contributed by atoms with Gasteiger partial charge in [-0.05, 0) is 50.6 Å². The molecular formula is C20H22N4O2. The summed E-state index contributed by atoms with van der Waals surface area (Å²) in [5, 5.41) is 20.3. The summed E-state index contributed by atoms with van der Waals surface area (Å²) < 4.78 is 3.51. The highest BCUT2D eigenvalue weighted by atomic mass is 16.3. The van der Waals surface area contributed by atoms with Crippen LogP contribution in [0.4, 0.5) is 0 Å². The molecule has 0 radical (unpaired) electrons. The Labute approximate surface area is 151 Å². The minimum atomic E-state index is -0.560. The van der Waals surface area contributed by atoms with Crippen molar-refractivity contribution in [1.82, 2.24) is 13.9 Å². The first kappa shape index (κ1) is 16.8. The number of aliphatic hydroxyl groups is 1. The molecular weight excluding hydrogens is 328 g/mol. The molecule has 4 rings (SSSR count). The largest absolute Gasteiger partial charge is 0.390 e. The van der Waals surface area contributed by atoms with E-state index in [4.69, 9.17) is 0 Å². The predicted octanol–water partition coefficient (Wildman–Crippen LogP) is 1.89. The van der Waals surface area contributed by atoms with Gasteiger partial charge in [-0.15, -0.1) is 0 Å². The number of benzene rings is 1. The van der Waals surface area contributed by atoms with Crippen LogP contribution in [0.15, 0.2) is 35.1 Å². The van der Waals surface area contributed by atoms with Crippen molar-refractivity contribution >= 4 is 16.7 Å². The fraction of sp³-hybridized carbons (Fsp3) is 0.400. The lowest BCUT2D eigenvalue weighted by atomic mass is 10.1. The molecule has 0 aliphatic carbocycles. The molecule has 1 N–H and O–H groups in total. The Morgan fingerprint density at radius 3 is 2.58 bits per heavy atom. The molecule has 1 fully saturated rings. The lowest BCUT2D eigenvalue weighted by molar-refractivity contribution is 0.111. The molecule has 3 heterocycles. The van der Waals surface area contributed by atoms with Crippen LogP contribution in [0.5, 0.6) is 0 Å². The molecule has 2 aromatic heterocycles. The third-order valence-corrected chi connectivity index (χ3v) is 5.23. The van der Waals surface area contributed by atoms with Gasteiger partial charge < -0.3 is 14.6 Å². The van der Waals surface area contributed by atoms with Gasteiger partial charge in [0.25, 0.3) is 5.56 Å². The van der Waals surface area contributed by atoms with Gasteiger partial charge in [0, 0.05) is 12.6 Å². The van der Waals surface area contributed by atoms with Gasteiger partial charge in [-0.3, -0.25) is 9.20 Å². The Morgan fingerprint density at radius 2 is 1.88 bits per heavy atom. The maximum Gasteiger partial charge on any atom is 0.257 e. The number of β-amino-alcohol motifs (C(OH)–C–C–N with tert-alkyl or cyclic N) is 1. The number of para-hydroxylation sites is 2. The monoisotopic (exact) mass is 350 g/mol. The zero-order valence-electron chi connectivity index (χ0n) is 14.9. The van der Waals surface area contributed by atoms with Crippen molar-refractivity contribution in [3.63, 3.8) is 0 Å². The van der Waals surface area contributed by atoms with E-state index in [2.05, 4.69) is 11.0 Å². The number of aryl methyl sites for hydroxylation is 1. The lowest BCUT2D eigenvalue weighted by Crippen LogP contribution is -2.33. The minimum absolute atomic E-state index is 0.152. The van der Waals surface area contributed by atoms with Crippen LogP contribution in [0, 0.1) is 18.3 Å². The van der Waals surface area contributed by atoms with Gasteiger partial charge in [-0.2, -0.15) is 5.26 Å². The van der Waals surface area contributed by atoms with E-state index in [1.165, 1.54) is 18.9 Å². The molecule has 0 saturated carbocycles. The maximum absolute atomic E-state index is 12.6. The van der Waals surface area contributed by atoms with Crippen LogP contribution in [0.25, 0.3) is 16.7 Å². The summed E-state index contributed by atoms with van der Waals surface area (Å²) in [6, 6.07) is 11.3. The van der Waals surface area contributed by atoms with Gasteiger partial charge in [0.15, 0.2) is 0 Å². The van der Waals surface area contributed by atoms with Crippen LogP contribution in [0.1, 0.15) is 24.0 Å².